The lowest BCUT2D eigenvalue weighted by Gasteiger charge is -2.14. The molecule has 0 aromatic heterocycles. The topological polar surface area (TPSA) is 32.3 Å². The van der Waals surface area contributed by atoms with Gasteiger partial charge in [0.15, 0.2) is 0 Å². The van der Waals surface area contributed by atoms with Crippen LogP contribution in [0.15, 0.2) is 28.7 Å². The third kappa shape index (κ3) is 4.33. The summed E-state index contributed by atoms with van der Waals surface area (Å²) in [5.74, 6) is 0.608. The molecule has 0 aliphatic rings. The highest BCUT2D eigenvalue weighted by Gasteiger charge is 2.09. The van der Waals surface area contributed by atoms with Gasteiger partial charge < -0.3 is 10.4 Å². The molecule has 0 aliphatic carbocycles. The van der Waals surface area contributed by atoms with Crippen LogP contribution >= 0.6 is 15.9 Å². The van der Waals surface area contributed by atoms with Gasteiger partial charge in [0.1, 0.15) is 0 Å². The van der Waals surface area contributed by atoms with E-state index in [9.17, 15) is 5.11 Å². The Balaban J connectivity index is 2.47. The molecule has 1 unspecified atom stereocenters. The number of aliphatic hydroxyl groups excluding tert-OH is 1. The van der Waals surface area contributed by atoms with Crippen molar-refractivity contribution in [2.24, 2.45) is 5.92 Å². The summed E-state index contributed by atoms with van der Waals surface area (Å²) in [7, 11) is 0. The maximum atomic E-state index is 9.92. The van der Waals surface area contributed by atoms with E-state index in [1.807, 2.05) is 24.3 Å². The van der Waals surface area contributed by atoms with Crippen LogP contribution in [0, 0.1) is 5.92 Å². The highest BCUT2D eigenvalue weighted by atomic mass is 79.9. The molecule has 0 radical (unpaired) electrons. The Morgan fingerprint density at radius 1 is 1.27 bits per heavy atom. The van der Waals surface area contributed by atoms with Crippen molar-refractivity contribution in [2.45, 2.75) is 20.0 Å². The highest BCUT2D eigenvalue weighted by Crippen LogP contribution is 2.22. The van der Waals surface area contributed by atoms with E-state index >= 15 is 0 Å². The molecule has 0 saturated carbocycles. The minimum Gasteiger partial charge on any atom is -0.387 e. The van der Waals surface area contributed by atoms with E-state index in [4.69, 9.17) is 0 Å². The zero-order chi connectivity index (χ0) is 11.3. The molecular formula is C12H18BrNO. The number of hydrogen-bond acceptors (Lipinski definition) is 2. The van der Waals surface area contributed by atoms with Crippen molar-refractivity contribution in [3.05, 3.63) is 34.3 Å². The zero-order valence-electron chi connectivity index (χ0n) is 9.20. The minimum atomic E-state index is -0.445. The SMILES string of the molecule is CC(C)CNCC(O)c1ccccc1Br. The van der Waals surface area contributed by atoms with Crippen LogP contribution in [0.25, 0.3) is 0 Å². The first-order valence-electron chi connectivity index (χ1n) is 5.24. The second-order valence-corrected chi connectivity index (χ2v) is 4.94. The molecule has 0 bridgehead atoms. The van der Waals surface area contributed by atoms with Crippen molar-refractivity contribution in [2.75, 3.05) is 13.1 Å². The van der Waals surface area contributed by atoms with Crippen molar-refractivity contribution in [3.8, 4) is 0 Å². The van der Waals surface area contributed by atoms with Gasteiger partial charge in [-0.25, -0.2) is 0 Å². The Bertz CT molecular complexity index is 301. The Labute approximate surface area is 99.8 Å². The Morgan fingerprint density at radius 2 is 1.93 bits per heavy atom. The third-order valence-electron chi connectivity index (χ3n) is 2.15. The smallest absolute Gasteiger partial charge is 0.0925 e. The summed E-state index contributed by atoms with van der Waals surface area (Å²) < 4.78 is 0.962. The lowest BCUT2D eigenvalue weighted by molar-refractivity contribution is 0.173. The molecule has 0 aliphatic heterocycles. The van der Waals surface area contributed by atoms with Crippen LogP contribution < -0.4 is 5.32 Å². The van der Waals surface area contributed by atoms with Gasteiger partial charge in [-0.1, -0.05) is 48.0 Å². The van der Waals surface area contributed by atoms with Gasteiger partial charge in [-0.3, -0.25) is 0 Å². The van der Waals surface area contributed by atoms with Gasteiger partial charge >= 0.3 is 0 Å². The maximum Gasteiger partial charge on any atom is 0.0925 e. The van der Waals surface area contributed by atoms with Crippen LogP contribution in [0.3, 0.4) is 0 Å². The van der Waals surface area contributed by atoms with E-state index in [2.05, 4.69) is 35.1 Å². The van der Waals surface area contributed by atoms with Gasteiger partial charge in [0, 0.05) is 11.0 Å². The fraction of sp³-hybridized carbons (Fsp3) is 0.500. The molecule has 1 aromatic rings. The standard InChI is InChI=1S/C12H18BrNO/c1-9(2)7-14-8-12(15)10-5-3-4-6-11(10)13/h3-6,9,12,14-15H,7-8H2,1-2H3. The second kappa shape index (κ2) is 6.26. The largest absolute Gasteiger partial charge is 0.387 e. The number of benzene rings is 1. The summed E-state index contributed by atoms with van der Waals surface area (Å²) in [6, 6.07) is 7.76. The molecule has 1 aromatic carbocycles. The molecule has 0 amide bonds. The van der Waals surface area contributed by atoms with Gasteiger partial charge in [0.25, 0.3) is 0 Å². The van der Waals surface area contributed by atoms with Crippen LogP contribution in [0.2, 0.25) is 0 Å². The van der Waals surface area contributed by atoms with E-state index in [1.165, 1.54) is 0 Å². The van der Waals surface area contributed by atoms with Crippen molar-refractivity contribution in [1.82, 2.24) is 5.32 Å². The summed E-state index contributed by atoms with van der Waals surface area (Å²) in [4.78, 5) is 0. The molecule has 2 N–H and O–H groups in total. The summed E-state index contributed by atoms with van der Waals surface area (Å²) in [6.45, 7) is 5.83. The van der Waals surface area contributed by atoms with Crippen LogP contribution in [-0.4, -0.2) is 18.2 Å². The van der Waals surface area contributed by atoms with E-state index < -0.39 is 6.10 Å². The first kappa shape index (κ1) is 12.7. The van der Waals surface area contributed by atoms with Crippen LogP contribution in [0.5, 0.6) is 0 Å². The molecule has 0 spiro atoms. The van der Waals surface area contributed by atoms with Crippen molar-refractivity contribution in [1.29, 1.82) is 0 Å². The molecule has 1 atom stereocenters. The van der Waals surface area contributed by atoms with Crippen LogP contribution in [0.4, 0.5) is 0 Å². The summed E-state index contributed by atoms with van der Waals surface area (Å²) >= 11 is 3.43. The molecule has 15 heavy (non-hydrogen) atoms. The normalized spacial score (nSPS) is 13.1. The lowest BCUT2D eigenvalue weighted by atomic mass is 10.1. The quantitative estimate of drug-likeness (QED) is 0.863. The van der Waals surface area contributed by atoms with E-state index in [1.54, 1.807) is 0 Å². The first-order valence-corrected chi connectivity index (χ1v) is 6.03. The fourth-order valence-corrected chi connectivity index (χ4v) is 1.91. The third-order valence-corrected chi connectivity index (χ3v) is 2.88. The van der Waals surface area contributed by atoms with Crippen molar-refractivity contribution >= 4 is 15.9 Å². The molecule has 2 nitrogen and oxygen atoms in total. The second-order valence-electron chi connectivity index (χ2n) is 4.09. The fourth-order valence-electron chi connectivity index (χ4n) is 1.36. The number of halogens is 1. The summed E-state index contributed by atoms with van der Waals surface area (Å²) in [5.41, 5.74) is 0.939. The Kier molecular flexibility index (Phi) is 5.29. The van der Waals surface area contributed by atoms with Gasteiger partial charge in [-0.2, -0.15) is 0 Å². The van der Waals surface area contributed by atoms with Crippen molar-refractivity contribution < 1.29 is 5.11 Å². The monoisotopic (exact) mass is 271 g/mol. The number of rotatable bonds is 5. The molecule has 1 rings (SSSR count). The summed E-state index contributed by atoms with van der Waals surface area (Å²) in [5, 5.41) is 13.2. The first-order chi connectivity index (χ1) is 7.11. The Hall–Kier alpha value is -0.380. The molecule has 0 saturated heterocycles. The predicted octanol–water partition coefficient (Wildman–Crippen LogP) is 2.73. The van der Waals surface area contributed by atoms with Crippen LogP contribution in [-0.2, 0) is 0 Å². The van der Waals surface area contributed by atoms with Crippen molar-refractivity contribution in [3.63, 3.8) is 0 Å². The predicted molar refractivity (Wildman–Crippen MR) is 66.8 cm³/mol. The highest BCUT2D eigenvalue weighted by molar-refractivity contribution is 9.10. The Morgan fingerprint density at radius 3 is 2.53 bits per heavy atom. The van der Waals surface area contributed by atoms with E-state index in [0.29, 0.717) is 12.5 Å². The summed E-state index contributed by atoms with van der Waals surface area (Å²) in [6.07, 6.45) is -0.445. The van der Waals surface area contributed by atoms with E-state index in [0.717, 1.165) is 16.6 Å². The zero-order valence-corrected chi connectivity index (χ0v) is 10.8. The van der Waals surface area contributed by atoms with Crippen LogP contribution in [0.1, 0.15) is 25.5 Å². The molecule has 0 fully saturated rings. The maximum absolute atomic E-state index is 9.92. The average Bonchev–Trinajstić information content (AvgIpc) is 2.17. The molecule has 84 valence electrons. The van der Waals surface area contributed by atoms with Gasteiger partial charge in [0.2, 0.25) is 0 Å². The number of aliphatic hydroxyl groups is 1. The lowest BCUT2D eigenvalue weighted by Crippen LogP contribution is -2.25. The number of nitrogens with one attached hydrogen (secondary N) is 1. The molecular weight excluding hydrogens is 254 g/mol. The van der Waals surface area contributed by atoms with Gasteiger partial charge in [0.05, 0.1) is 6.10 Å². The average molecular weight is 272 g/mol. The minimum absolute atomic E-state index is 0.445. The molecule has 3 heteroatoms. The van der Waals surface area contributed by atoms with Gasteiger partial charge in [-0.05, 0) is 24.1 Å². The number of hydrogen-bond donors (Lipinski definition) is 2. The van der Waals surface area contributed by atoms with Gasteiger partial charge in [-0.15, -0.1) is 0 Å². The van der Waals surface area contributed by atoms with E-state index in [-0.39, 0.29) is 0 Å². The molecule has 0 heterocycles.